The van der Waals surface area contributed by atoms with Crippen LogP contribution in [-0.4, -0.2) is 44.3 Å². The second-order valence-electron chi connectivity index (χ2n) is 9.41. The number of nitrogens with one attached hydrogen (secondary N) is 1. The molecule has 7 nitrogen and oxygen atoms in total. The number of rotatable bonds is 10. The van der Waals surface area contributed by atoms with Gasteiger partial charge in [0.25, 0.3) is 10.0 Å². The van der Waals surface area contributed by atoms with Crippen LogP contribution in [0.15, 0.2) is 65.6 Å². The van der Waals surface area contributed by atoms with Gasteiger partial charge in [-0.3, -0.25) is 13.9 Å². The number of halogens is 2. The maximum atomic E-state index is 14.0. The molecule has 3 rings (SSSR count). The number of hydrogen-bond acceptors (Lipinski definition) is 4. The van der Waals surface area contributed by atoms with E-state index in [1.165, 1.54) is 17.0 Å². The Kier molecular flexibility index (Phi) is 10.0. The Labute approximate surface area is 240 Å². The van der Waals surface area contributed by atoms with Crippen LogP contribution in [0.5, 0.6) is 0 Å². The first-order valence-electron chi connectivity index (χ1n) is 12.5. The summed E-state index contributed by atoms with van der Waals surface area (Å²) in [5, 5.41) is 3.40. The molecule has 0 aliphatic carbocycles. The smallest absolute Gasteiger partial charge is 0.264 e. The van der Waals surface area contributed by atoms with Gasteiger partial charge in [0, 0.05) is 28.7 Å². The molecule has 0 aromatic heterocycles. The predicted molar refractivity (Wildman–Crippen MR) is 157 cm³/mol. The van der Waals surface area contributed by atoms with Crippen molar-refractivity contribution in [3.63, 3.8) is 0 Å². The van der Waals surface area contributed by atoms with E-state index >= 15 is 0 Å². The topological polar surface area (TPSA) is 86.8 Å². The van der Waals surface area contributed by atoms with E-state index < -0.39 is 28.5 Å². The summed E-state index contributed by atoms with van der Waals surface area (Å²) in [5.74, 6) is -0.963. The molecular weight excluding hydrogens is 557 g/mol. The van der Waals surface area contributed by atoms with Crippen molar-refractivity contribution < 1.29 is 18.0 Å². The summed E-state index contributed by atoms with van der Waals surface area (Å²) in [7, 11) is -4.15. The molecule has 3 aromatic carbocycles. The minimum Gasteiger partial charge on any atom is -0.355 e. The molecule has 208 valence electrons. The van der Waals surface area contributed by atoms with Gasteiger partial charge in [-0.05, 0) is 76.1 Å². The standard InChI is InChI=1S/C29H33Cl2N3O4S/c1-6-32-29(36)22(5)33(17-24-25(30)8-7-9-26(24)31)28(35)18-34(27-16-20(3)10-13-21(27)4)39(37,38)23-14-11-19(2)12-15-23/h7-16,22H,6,17-18H2,1-5H3,(H,32,36)/t22-/m1/s1. The molecule has 0 saturated carbocycles. The molecule has 2 amide bonds. The van der Waals surface area contributed by atoms with Gasteiger partial charge in [0.15, 0.2) is 0 Å². The first-order valence-corrected chi connectivity index (χ1v) is 14.7. The Hall–Kier alpha value is -3.07. The molecule has 0 fully saturated rings. The van der Waals surface area contributed by atoms with Crippen LogP contribution in [0.2, 0.25) is 10.0 Å². The van der Waals surface area contributed by atoms with Crippen LogP contribution >= 0.6 is 23.2 Å². The van der Waals surface area contributed by atoms with Crippen molar-refractivity contribution in [3.8, 4) is 0 Å². The minimum atomic E-state index is -4.15. The van der Waals surface area contributed by atoms with E-state index in [0.717, 1.165) is 15.4 Å². The van der Waals surface area contributed by atoms with Crippen molar-refractivity contribution in [2.24, 2.45) is 0 Å². The zero-order valence-corrected chi connectivity index (χ0v) is 25.0. The van der Waals surface area contributed by atoms with Crippen molar-refractivity contribution in [2.45, 2.75) is 52.1 Å². The van der Waals surface area contributed by atoms with Gasteiger partial charge in [0.1, 0.15) is 12.6 Å². The number of benzene rings is 3. The summed E-state index contributed by atoms with van der Waals surface area (Å²) in [6.07, 6.45) is 0. The number of aryl methyl sites for hydroxylation is 3. The quantitative estimate of drug-likeness (QED) is 0.330. The zero-order valence-electron chi connectivity index (χ0n) is 22.7. The number of carbonyl (C=O) groups is 2. The molecule has 39 heavy (non-hydrogen) atoms. The van der Waals surface area contributed by atoms with Crippen LogP contribution in [0.3, 0.4) is 0 Å². The van der Waals surface area contributed by atoms with Crippen LogP contribution in [0.25, 0.3) is 0 Å². The summed E-state index contributed by atoms with van der Waals surface area (Å²) < 4.78 is 29.0. The third-order valence-corrected chi connectivity index (χ3v) is 8.91. The first-order chi connectivity index (χ1) is 18.4. The molecule has 0 saturated heterocycles. The van der Waals surface area contributed by atoms with Gasteiger partial charge in [-0.25, -0.2) is 8.42 Å². The average Bonchev–Trinajstić information content (AvgIpc) is 2.88. The SMILES string of the molecule is CCNC(=O)[C@@H](C)N(Cc1c(Cl)cccc1Cl)C(=O)CN(c1cc(C)ccc1C)S(=O)(=O)c1ccc(C)cc1. The van der Waals surface area contributed by atoms with E-state index in [1.54, 1.807) is 57.2 Å². The van der Waals surface area contributed by atoms with Crippen LogP contribution in [0.1, 0.15) is 36.1 Å². The fourth-order valence-corrected chi connectivity index (χ4v) is 6.08. The third kappa shape index (κ3) is 7.12. The number of anilines is 1. The summed E-state index contributed by atoms with van der Waals surface area (Å²) in [5.41, 5.74) is 3.27. The fraction of sp³-hybridized carbons (Fsp3) is 0.310. The monoisotopic (exact) mass is 589 g/mol. The fourth-order valence-electron chi connectivity index (χ4n) is 4.10. The van der Waals surface area contributed by atoms with Crippen LogP contribution in [0.4, 0.5) is 5.69 Å². The molecule has 0 heterocycles. The second-order valence-corrected chi connectivity index (χ2v) is 12.1. The van der Waals surface area contributed by atoms with Gasteiger partial charge in [-0.15, -0.1) is 0 Å². The molecule has 0 spiro atoms. The first kappa shape index (κ1) is 30.5. The maximum absolute atomic E-state index is 14.0. The highest BCUT2D eigenvalue weighted by molar-refractivity contribution is 7.92. The lowest BCUT2D eigenvalue weighted by atomic mass is 10.1. The van der Waals surface area contributed by atoms with Crippen LogP contribution in [-0.2, 0) is 26.2 Å². The van der Waals surface area contributed by atoms with Crippen LogP contribution in [0, 0.1) is 20.8 Å². The minimum absolute atomic E-state index is 0.0549. The molecule has 1 atom stereocenters. The van der Waals surface area contributed by atoms with Gasteiger partial charge in [-0.1, -0.05) is 59.1 Å². The second kappa shape index (κ2) is 12.9. The molecular formula is C29H33Cl2N3O4S. The number of sulfonamides is 1. The highest BCUT2D eigenvalue weighted by atomic mass is 35.5. The van der Waals surface area contributed by atoms with Crippen molar-refractivity contribution in [1.29, 1.82) is 0 Å². The van der Waals surface area contributed by atoms with Crippen molar-refractivity contribution in [2.75, 3.05) is 17.4 Å². The number of hydrogen-bond donors (Lipinski definition) is 1. The molecule has 3 aromatic rings. The largest absolute Gasteiger partial charge is 0.355 e. The van der Waals surface area contributed by atoms with E-state index in [-0.39, 0.29) is 17.3 Å². The summed E-state index contributed by atoms with van der Waals surface area (Å²) in [6.45, 7) is 8.62. The predicted octanol–water partition coefficient (Wildman–Crippen LogP) is 5.67. The summed E-state index contributed by atoms with van der Waals surface area (Å²) in [6, 6.07) is 15.9. The summed E-state index contributed by atoms with van der Waals surface area (Å²) in [4.78, 5) is 28.2. The normalized spacial score (nSPS) is 12.1. The molecule has 1 N–H and O–H groups in total. The van der Waals surface area contributed by atoms with Gasteiger partial charge in [-0.2, -0.15) is 0 Å². The highest BCUT2D eigenvalue weighted by Crippen LogP contribution is 2.30. The van der Waals surface area contributed by atoms with Crippen molar-refractivity contribution in [3.05, 3.63) is 93.0 Å². The third-order valence-electron chi connectivity index (χ3n) is 6.43. The average molecular weight is 591 g/mol. The Morgan fingerprint density at radius 3 is 2.10 bits per heavy atom. The Bertz CT molecular complexity index is 1440. The Balaban J connectivity index is 2.11. The number of nitrogens with zero attached hydrogens (tertiary/aromatic N) is 2. The molecule has 0 unspecified atom stereocenters. The van der Waals surface area contributed by atoms with E-state index in [4.69, 9.17) is 23.2 Å². The molecule has 0 aliphatic rings. The van der Waals surface area contributed by atoms with E-state index in [1.807, 2.05) is 26.0 Å². The van der Waals surface area contributed by atoms with Crippen LogP contribution < -0.4 is 9.62 Å². The molecule has 0 bridgehead atoms. The molecule has 0 radical (unpaired) electrons. The van der Waals surface area contributed by atoms with E-state index in [0.29, 0.717) is 33.4 Å². The van der Waals surface area contributed by atoms with Gasteiger partial charge in [0.05, 0.1) is 10.6 Å². The van der Waals surface area contributed by atoms with Crippen molar-refractivity contribution in [1.82, 2.24) is 10.2 Å². The number of likely N-dealkylation sites (N-methyl/N-ethyl adjacent to an activating group) is 1. The lowest BCUT2D eigenvalue weighted by molar-refractivity contribution is -0.139. The number of amides is 2. The Morgan fingerprint density at radius 1 is 0.923 bits per heavy atom. The lowest BCUT2D eigenvalue weighted by Gasteiger charge is -2.32. The van der Waals surface area contributed by atoms with E-state index in [2.05, 4.69) is 5.32 Å². The van der Waals surface area contributed by atoms with Crippen molar-refractivity contribution >= 4 is 50.7 Å². The molecule has 10 heteroatoms. The van der Waals surface area contributed by atoms with Gasteiger partial charge >= 0.3 is 0 Å². The molecule has 0 aliphatic heterocycles. The zero-order chi connectivity index (χ0) is 28.9. The highest BCUT2D eigenvalue weighted by Gasteiger charge is 2.33. The number of carbonyl (C=O) groups excluding carboxylic acids is 2. The van der Waals surface area contributed by atoms with Gasteiger partial charge < -0.3 is 10.2 Å². The lowest BCUT2D eigenvalue weighted by Crippen LogP contribution is -2.51. The summed E-state index contributed by atoms with van der Waals surface area (Å²) >= 11 is 12.8. The van der Waals surface area contributed by atoms with E-state index in [9.17, 15) is 18.0 Å². The maximum Gasteiger partial charge on any atom is 0.264 e. The van der Waals surface area contributed by atoms with Gasteiger partial charge in [0.2, 0.25) is 11.8 Å². The Morgan fingerprint density at radius 2 is 1.51 bits per heavy atom.